The number of carbonyl (C=O) groups excluding carboxylic acids is 4. The smallest absolute Gasteiger partial charge is 0.324 e. The van der Waals surface area contributed by atoms with Gasteiger partial charge in [0.05, 0.1) is 4.90 Å². The van der Waals surface area contributed by atoms with Gasteiger partial charge in [0.15, 0.2) is 0 Å². The van der Waals surface area contributed by atoms with Crippen LogP contribution in [-0.4, -0.2) is 72.5 Å². The average molecular weight is 439 g/mol. The molecule has 5 amide bonds. The van der Waals surface area contributed by atoms with Crippen molar-refractivity contribution in [2.24, 2.45) is 0 Å². The number of imide groups is 2. The number of hydrogen-bond acceptors (Lipinski definition) is 6. The molecule has 1 heterocycles. The van der Waals surface area contributed by atoms with Gasteiger partial charge in [0.1, 0.15) is 6.54 Å². The molecule has 1 aromatic carbocycles. The van der Waals surface area contributed by atoms with Crippen LogP contribution in [0.5, 0.6) is 0 Å². The molecule has 0 aliphatic carbocycles. The molecule has 0 aromatic heterocycles. The van der Waals surface area contributed by atoms with E-state index in [9.17, 15) is 27.6 Å². The normalized spacial score (nSPS) is 14.7. The number of sulfonamides is 1. The maximum absolute atomic E-state index is 12.6. The molecule has 0 bridgehead atoms. The second-order valence-corrected chi connectivity index (χ2v) is 8.59. The zero-order valence-corrected chi connectivity index (χ0v) is 18.1. The topological polar surface area (TPSA) is 124 Å². The van der Waals surface area contributed by atoms with Crippen molar-refractivity contribution in [1.29, 1.82) is 0 Å². The molecular formula is C19H26N4O6S. The molecule has 0 spiro atoms. The maximum Gasteiger partial charge on any atom is 0.334 e. The third-order valence-electron chi connectivity index (χ3n) is 4.63. The fraction of sp³-hybridized carbons (Fsp3) is 0.474. The van der Waals surface area contributed by atoms with E-state index in [1.54, 1.807) is 13.8 Å². The van der Waals surface area contributed by atoms with Crippen molar-refractivity contribution in [2.45, 2.75) is 38.5 Å². The number of urea groups is 1. The summed E-state index contributed by atoms with van der Waals surface area (Å²) in [6.07, 6.45) is 1.29. The highest BCUT2D eigenvalue weighted by Crippen LogP contribution is 2.20. The summed E-state index contributed by atoms with van der Waals surface area (Å²) in [4.78, 5) is 50.1. The second-order valence-electron chi connectivity index (χ2n) is 6.65. The Morgan fingerprint density at radius 1 is 1.03 bits per heavy atom. The predicted octanol–water partition coefficient (Wildman–Crippen LogP) is 1.25. The minimum absolute atomic E-state index is 0.0123. The zero-order chi connectivity index (χ0) is 22.5. The predicted molar refractivity (Wildman–Crippen MR) is 109 cm³/mol. The second kappa shape index (κ2) is 9.81. The quantitative estimate of drug-likeness (QED) is 0.433. The van der Waals surface area contributed by atoms with Crippen LogP contribution in [0.15, 0.2) is 29.2 Å². The van der Waals surface area contributed by atoms with Gasteiger partial charge in [-0.15, -0.1) is 0 Å². The van der Waals surface area contributed by atoms with E-state index in [2.05, 4.69) is 5.32 Å². The number of nitrogens with one attached hydrogen (secondary N) is 1. The van der Waals surface area contributed by atoms with Crippen LogP contribution in [0.4, 0.5) is 10.5 Å². The maximum atomic E-state index is 12.6. The highest BCUT2D eigenvalue weighted by molar-refractivity contribution is 7.89. The van der Waals surface area contributed by atoms with E-state index in [4.69, 9.17) is 0 Å². The lowest BCUT2D eigenvalue weighted by molar-refractivity contribution is -0.143. The first kappa shape index (κ1) is 23.5. The van der Waals surface area contributed by atoms with Crippen molar-refractivity contribution in [1.82, 2.24) is 14.1 Å². The third kappa shape index (κ3) is 4.85. The highest BCUT2D eigenvalue weighted by atomic mass is 32.2. The molecule has 1 fully saturated rings. The Labute approximate surface area is 175 Å². The van der Waals surface area contributed by atoms with Crippen molar-refractivity contribution < 1.29 is 27.6 Å². The Morgan fingerprint density at radius 3 is 2.27 bits per heavy atom. The van der Waals surface area contributed by atoms with E-state index in [-0.39, 0.29) is 17.1 Å². The number of nitrogens with zero attached hydrogens (tertiary/aromatic N) is 3. The molecule has 0 saturated carbocycles. The highest BCUT2D eigenvalue weighted by Gasteiger charge is 2.44. The van der Waals surface area contributed by atoms with Gasteiger partial charge in [-0.1, -0.05) is 33.3 Å². The van der Waals surface area contributed by atoms with Crippen LogP contribution in [-0.2, 0) is 24.4 Å². The minimum atomic E-state index is -3.71. The van der Waals surface area contributed by atoms with E-state index < -0.39 is 40.3 Å². The summed E-state index contributed by atoms with van der Waals surface area (Å²) in [5.41, 5.74) is 0.196. The molecule has 1 saturated heterocycles. The van der Waals surface area contributed by atoms with Crippen molar-refractivity contribution in [3.05, 3.63) is 24.3 Å². The van der Waals surface area contributed by atoms with Crippen LogP contribution in [0.2, 0.25) is 0 Å². The fourth-order valence-corrected chi connectivity index (χ4v) is 4.50. The monoisotopic (exact) mass is 438 g/mol. The Morgan fingerprint density at radius 2 is 1.67 bits per heavy atom. The summed E-state index contributed by atoms with van der Waals surface area (Å²) in [6, 6.07) is 4.87. The van der Waals surface area contributed by atoms with E-state index in [1.807, 2.05) is 6.92 Å². The Kier molecular flexibility index (Phi) is 7.68. The van der Waals surface area contributed by atoms with Crippen LogP contribution >= 0.6 is 0 Å². The van der Waals surface area contributed by atoms with E-state index in [1.165, 1.54) is 28.6 Å². The molecule has 0 radical (unpaired) electrons. The van der Waals surface area contributed by atoms with Gasteiger partial charge in [-0.25, -0.2) is 18.1 Å². The molecule has 2 rings (SSSR count). The van der Waals surface area contributed by atoms with Gasteiger partial charge in [-0.2, -0.15) is 4.31 Å². The summed E-state index contributed by atoms with van der Waals surface area (Å²) < 4.78 is 26.5. The van der Waals surface area contributed by atoms with Crippen molar-refractivity contribution in [2.75, 3.05) is 31.5 Å². The van der Waals surface area contributed by atoms with E-state index in [0.717, 1.165) is 11.3 Å². The molecule has 0 atom stereocenters. The molecule has 1 aliphatic heterocycles. The number of unbranched alkanes of at least 4 members (excludes halogenated alkanes) is 1. The summed E-state index contributed by atoms with van der Waals surface area (Å²) in [7, 11) is -3.71. The fourth-order valence-electron chi connectivity index (χ4n) is 2.99. The van der Waals surface area contributed by atoms with Gasteiger partial charge in [0.25, 0.3) is 0 Å². The van der Waals surface area contributed by atoms with Gasteiger partial charge in [0.2, 0.25) is 15.9 Å². The molecule has 1 aromatic rings. The van der Waals surface area contributed by atoms with Gasteiger partial charge in [-0.05, 0) is 24.6 Å². The number of rotatable bonds is 10. The molecule has 1 N–H and O–H groups in total. The SMILES string of the molecule is CCCCN1C(=O)C(=O)N(CC(=O)Nc2cccc(S(=O)(=O)N(CC)CC)c2)C1=O. The van der Waals surface area contributed by atoms with Crippen LogP contribution in [0.1, 0.15) is 33.6 Å². The van der Waals surface area contributed by atoms with Crippen molar-refractivity contribution in [3.63, 3.8) is 0 Å². The van der Waals surface area contributed by atoms with Crippen LogP contribution < -0.4 is 5.32 Å². The lowest BCUT2D eigenvalue weighted by atomic mass is 10.3. The van der Waals surface area contributed by atoms with Crippen molar-refractivity contribution >= 4 is 39.5 Å². The van der Waals surface area contributed by atoms with Crippen molar-refractivity contribution in [3.8, 4) is 0 Å². The third-order valence-corrected chi connectivity index (χ3v) is 6.68. The van der Waals surface area contributed by atoms with Gasteiger partial charge in [-0.3, -0.25) is 19.3 Å². The number of anilines is 1. The Hall–Kier alpha value is -2.79. The van der Waals surface area contributed by atoms with Crippen LogP contribution in [0, 0.1) is 0 Å². The summed E-state index contributed by atoms with van der Waals surface area (Å²) in [5.74, 6) is -2.73. The molecule has 11 heteroatoms. The Bertz CT molecular complexity index is 942. The summed E-state index contributed by atoms with van der Waals surface area (Å²) >= 11 is 0. The standard InChI is InChI=1S/C19H26N4O6S/c1-4-7-11-22-17(25)18(26)23(19(22)27)13-16(24)20-14-9-8-10-15(12-14)30(28,29)21(5-2)6-3/h8-10,12H,4-7,11,13H2,1-3H3,(H,20,24). The summed E-state index contributed by atoms with van der Waals surface area (Å²) in [5, 5.41) is 2.47. The van der Waals surface area contributed by atoms with E-state index in [0.29, 0.717) is 24.4 Å². The van der Waals surface area contributed by atoms with Gasteiger partial charge >= 0.3 is 17.8 Å². The average Bonchev–Trinajstić information content (AvgIpc) is 2.90. The van der Waals surface area contributed by atoms with E-state index >= 15 is 0 Å². The largest absolute Gasteiger partial charge is 0.334 e. The molecule has 10 nitrogen and oxygen atoms in total. The minimum Gasteiger partial charge on any atom is -0.324 e. The number of hydrogen-bond donors (Lipinski definition) is 1. The lowest BCUT2D eigenvalue weighted by Crippen LogP contribution is -2.39. The van der Waals surface area contributed by atoms with Crippen LogP contribution in [0.25, 0.3) is 0 Å². The molecular weight excluding hydrogens is 412 g/mol. The number of benzene rings is 1. The first-order chi connectivity index (χ1) is 14.2. The molecule has 1 aliphatic rings. The number of amides is 5. The lowest BCUT2D eigenvalue weighted by Gasteiger charge is -2.19. The first-order valence-corrected chi connectivity index (χ1v) is 11.2. The van der Waals surface area contributed by atoms with Crippen LogP contribution in [0.3, 0.4) is 0 Å². The summed E-state index contributed by atoms with van der Waals surface area (Å²) in [6.45, 7) is 5.41. The zero-order valence-electron chi connectivity index (χ0n) is 17.3. The molecule has 30 heavy (non-hydrogen) atoms. The molecule has 0 unspecified atom stereocenters. The Balaban J connectivity index is 2.11. The van der Waals surface area contributed by atoms with Gasteiger partial charge < -0.3 is 5.32 Å². The number of carbonyl (C=O) groups is 4. The molecule has 164 valence electrons. The first-order valence-electron chi connectivity index (χ1n) is 9.74. The van der Waals surface area contributed by atoms with Gasteiger partial charge in [0, 0.05) is 25.3 Å².